The number of anilines is 2. The predicted molar refractivity (Wildman–Crippen MR) is 83.1 cm³/mol. The van der Waals surface area contributed by atoms with Crippen LogP contribution in [-0.4, -0.2) is 10.9 Å². The van der Waals surface area contributed by atoms with Gasteiger partial charge in [0.05, 0.1) is 11.4 Å². The summed E-state index contributed by atoms with van der Waals surface area (Å²) in [6.07, 6.45) is 1.63. The first kappa shape index (κ1) is 14.4. The molecule has 112 valence electrons. The molecular weight excluding hydrogens is 308 g/mol. The van der Waals surface area contributed by atoms with Gasteiger partial charge in [-0.3, -0.25) is 4.79 Å². The summed E-state index contributed by atoms with van der Waals surface area (Å²) < 4.78 is 26.5. The Labute approximate surface area is 128 Å². The van der Waals surface area contributed by atoms with Gasteiger partial charge in [-0.15, -0.1) is 11.3 Å². The second kappa shape index (κ2) is 5.34. The number of fused-ring (bicyclic) bond motifs is 1. The summed E-state index contributed by atoms with van der Waals surface area (Å²) in [7, 11) is 0. The molecular formula is C15H11F2N3OS. The van der Waals surface area contributed by atoms with E-state index >= 15 is 0 Å². The van der Waals surface area contributed by atoms with Gasteiger partial charge in [0, 0.05) is 17.6 Å². The van der Waals surface area contributed by atoms with Gasteiger partial charge in [-0.1, -0.05) is 0 Å². The van der Waals surface area contributed by atoms with Crippen LogP contribution in [0.25, 0.3) is 10.2 Å². The fourth-order valence-corrected chi connectivity index (χ4v) is 3.18. The van der Waals surface area contributed by atoms with Crippen LogP contribution in [0.5, 0.6) is 0 Å². The van der Waals surface area contributed by atoms with E-state index in [4.69, 9.17) is 5.73 Å². The van der Waals surface area contributed by atoms with E-state index in [2.05, 4.69) is 10.3 Å². The molecule has 3 rings (SSSR count). The number of hydrogen-bond acceptors (Lipinski definition) is 4. The van der Waals surface area contributed by atoms with Crippen molar-refractivity contribution < 1.29 is 13.6 Å². The van der Waals surface area contributed by atoms with Crippen LogP contribution in [0.3, 0.4) is 0 Å². The molecule has 7 heteroatoms. The summed E-state index contributed by atoms with van der Waals surface area (Å²) in [5.41, 5.74) is 7.13. The van der Waals surface area contributed by atoms with Gasteiger partial charge < -0.3 is 11.1 Å². The molecule has 0 spiro atoms. The zero-order valence-corrected chi connectivity index (χ0v) is 12.3. The maximum atomic E-state index is 13.6. The number of amides is 1. The third kappa shape index (κ3) is 2.39. The number of nitrogens with one attached hydrogen (secondary N) is 1. The summed E-state index contributed by atoms with van der Waals surface area (Å²) in [5, 5.41) is 3.12. The molecule has 0 atom stereocenters. The van der Waals surface area contributed by atoms with Gasteiger partial charge in [0.2, 0.25) is 0 Å². The van der Waals surface area contributed by atoms with Gasteiger partial charge >= 0.3 is 0 Å². The number of pyridine rings is 1. The van der Waals surface area contributed by atoms with Crippen molar-refractivity contribution in [2.45, 2.75) is 6.92 Å². The Morgan fingerprint density at radius 3 is 2.77 bits per heavy atom. The molecule has 0 aliphatic carbocycles. The lowest BCUT2D eigenvalue weighted by atomic mass is 10.1. The van der Waals surface area contributed by atoms with Gasteiger partial charge in [-0.05, 0) is 30.7 Å². The topological polar surface area (TPSA) is 68.0 Å². The highest BCUT2D eigenvalue weighted by Crippen LogP contribution is 2.34. The number of nitrogen functional groups attached to an aromatic ring is 1. The largest absolute Gasteiger partial charge is 0.397 e. The zero-order chi connectivity index (χ0) is 15.9. The summed E-state index contributed by atoms with van der Waals surface area (Å²) in [5.74, 6) is -2.11. The van der Waals surface area contributed by atoms with Crippen molar-refractivity contribution in [2.75, 3.05) is 11.1 Å². The maximum Gasteiger partial charge on any atom is 0.268 e. The minimum Gasteiger partial charge on any atom is -0.397 e. The van der Waals surface area contributed by atoms with Gasteiger partial charge in [-0.2, -0.15) is 0 Å². The first-order chi connectivity index (χ1) is 10.5. The van der Waals surface area contributed by atoms with E-state index in [1.54, 1.807) is 12.3 Å². The minimum atomic E-state index is -0.845. The molecule has 0 saturated carbocycles. The number of nitrogens with two attached hydrogens (primary N) is 1. The number of aryl methyl sites for hydroxylation is 1. The zero-order valence-electron chi connectivity index (χ0n) is 11.5. The first-order valence-electron chi connectivity index (χ1n) is 6.37. The van der Waals surface area contributed by atoms with Crippen LogP contribution >= 0.6 is 11.3 Å². The smallest absolute Gasteiger partial charge is 0.268 e. The van der Waals surface area contributed by atoms with Crippen LogP contribution in [0.1, 0.15) is 15.2 Å². The summed E-state index contributed by atoms with van der Waals surface area (Å²) in [6.45, 7) is 1.87. The third-order valence-corrected chi connectivity index (χ3v) is 4.34. The molecule has 3 N–H and O–H groups in total. The fraction of sp³-hybridized carbons (Fsp3) is 0.0667. The Hall–Kier alpha value is -2.54. The molecule has 0 fully saturated rings. The lowest BCUT2D eigenvalue weighted by Crippen LogP contribution is -2.13. The van der Waals surface area contributed by atoms with Gasteiger partial charge in [-0.25, -0.2) is 13.8 Å². The molecule has 4 nitrogen and oxygen atoms in total. The average Bonchev–Trinajstić information content (AvgIpc) is 2.80. The standard InChI is InChI=1S/C15H11F2N3OS/c1-7-4-5-19-15-11(7)12(18)13(22-15)14(21)20-10-3-2-8(16)6-9(10)17/h2-6H,18H2,1H3,(H,20,21). The van der Waals surface area contributed by atoms with E-state index in [1.807, 2.05) is 6.92 Å². The first-order valence-corrected chi connectivity index (χ1v) is 7.19. The lowest BCUT2D eigenvalue weighted by molar-refractivity contribution is 0.103. The van der Waals surface area contributed by atoms with Crippen molar-refractivity contribution in [1.82, 2.24) is 4.98 Å². The second-order valence-electron chi connectivity index (χ2n) is 4.73. The van der Waals surface area contributed by atoms with Crippen molar-refractivity contribution in [3.8, 4) is 0 Å². The van der Waals surface area contributed by atoms with Gasteiger partial charge in [0.1, 0.15) is 21.3 Å². The molecule has 2 heterocycles. The van der Waals surface area contributed by atoms with Crippen LogP contribution in [0.2, 0.25) is 0 Å². The van der Waals surface area contributed by atoms with Crippen molar-refractivity contribution >= 4 is 38.8 Å². The van der Waals surface area contributed by atoms with Gasteiger partial charge in [0.15, 0.2) is 0 Å². The van der Waals surface area contributed by atoms with Crippen molar-refractivity contribution in [2.24, 2.45) is 0 Å². The van der Waals surface area contributed by atoms with Crippen LogP contribution in [-0.2, 0) is 0 Å². The van der Waals surface area contributed by atoms with Crippen molar-refractivity contribution in [3.63, 3.8) is 0 Å². The number of thiophene rings is 1. The number of carbonyl (C=O) groups is 1. The highest BCUT2D eigenvalue weighted by Gasteiger charge is 2.19. The number of aromatic nitrogens is 1. The number of halogens is 2. The van der Waals surface area contributed by atoms with Crippen LogP contribution in [0.15, 0.2) is 30.5 Å². The molecule has 0 unspecified atom stereocenters. The Balaban J connectivity index is 1.99. The number of benzene rings is 1. The van der Waals surface area contributed by atoms with Crippen LogP contribution in [0, 0.1) is 18.6 Å². The number of rotatable bonds is 2. The highest BCUT2D eigenvalue weighted by atomic mass is 32.1. The molecule has 22 heavy (non-hydrogen) atoms. The van der Waals surface area contributed by atoms with E-state index in [0.29, 0.717) is 16.6 Å². The highest BCUT2D eigenvalue weighted by molar-refractivity contribution is 7.21. The third-order valence-electron chi connectivity index (χ3n) is 3.22. The summed E-state index contributed by atoms with van der Waals surface area (Å²) >= 11 is 1.13. The molecule has 0 aliphatic heterocycles. The molecule has 0 aliphatic rings. The predicted octanol–water partition coefficient (Wildman–Crippen LogP) is 3.72. The number of hydrogen-bond donors (Lipinski definition) is 2. The molecule has 0 radical (unpaired) electrons. The molecule has 0 saturated heterocycles. The molecule has 1 amide bonds. The van der Waals surface area contributed by atoms with E-state index in [0.717, 1.165) is 34.4 Å². The lowest BCUT2D eigenvalue weighted by Gasteiger charge is -2.05. The fourth-order valence-electron chi connectivity index (χ4n) is 2.14. The Morgan fingerprint density at radius 2 is 2.09 bits per heavy atom. The Bertz CT molecular complexity index is 892. The van der Waals surface area contributed by atoms with Gasteiger partial charge in [0.25, 0.3) is 5.91 Å². The Kier molecular flexibility index (Phi) is 3.50. The minimum absolute atomic E-state index is 0.104. The second-order valence-corrected chi connectivity index (χ2v) is 5.73. The Morgan fingerprint density at radius 1 is 1.32 bits per heavy atom. The molecule has 1 aromatic carbocycles. The SMILES string of the molecule is Cc1ccnc2sc(C(=O)Nc3ccc(F)cc3F)c(N)c12. The van der Waals surface area contributed by atoms with E-state index < -0.39 is 17.5 Å². The van der Waals surface area contributed by atoms with Crippen molar-refractivity contribution in [1.29, 1.82) is 0 Å². The van der Waals surface area contributed by atoms with Crippen molar-refractivity contribution in [3.05, 3.63) is 52.5 Å². The number of nitrogens with zero attached hydrogens (tertiary/aromatic N) is 1. The van der Waals surface area contributed by atoms with E-state index in [-0.39, 0.29) is 10.6 Å². The summed E-state index contributed by atoms with van der Waals surface area (Å²) in [6, 6.07) is 4.73. The quantitative estimate of drug-likeness (QED) is 0.756. The maximum absolute atomic E-state index is 13.6. The molecule has 0 bridgehead atoms. The van der Waals surface area contributed by atoms with Crippen LogP contribution < -0.4 is 11.1 Å². The normalized spacial score (nSPS) is 10.9. The average molecular weight is 319 g/mol. The number of carbonyl (C=O) groups excluding carboxylic acids is 1. The summed E-state index contributed by atoms with van der Waals surface area (Å²) in [4.78, 5) is 17.4. The molecule has 3 aromatic rings. The van der Waals surface area contributed by atoms with E-state index in [9.17, 15) is 13.6 Å². The van der Waals surface area contributed by atoms with Crippen LogP contribution in [0.4, 0.5) is 20.2 Å². The monoisotopic (exact) mass is 319 g/mol. The van der Waals surface area contributed by atoms with E-state index in [1.165, 1.54) is 0 Å². The molecule has 2 aromatic heterocycles.